The number of aliphatic hydroxyl groups excluding tert-OH is 1. The molecule has 84 valence electrons. The highest BCUT2D eigenvalue weighted by Crippen LogP contribution is 2.23. The summed E-state index contributed by atoms with van der Waals surface area (Å²) in [6.07, 6.45) is 3.39. The van der Waals surface area contributed by atoms with Gasteiger partial charge in [0.15, 0.2) is 0 Å². The van der Waals surface area contributed by atoms with Gasteiger partial charge in [0, 0.05) is 0 Å². The molecule has 0 aliphatic carbocycles. The zero-order chi connectivity index (χ0) is 11.3. The predicted molar refractivity (Wildman–Crippen MR) is 65.7 cm³/mol. The molecule has 1 aromatic rings. The number of aliphatic hydroxyl groups is 1. The maximum Gasteiger partial charge on any atom is 0.0595 e. The summed E-state index contributed by atoms with van der Waals surface area (Å²) in [6.45, 7) is 2.12. The Bertz CT molecular complexity index is 312. The zero-order valence-electron chi connectivity index (χ0n) is 8.84. The van der Waals surface area contributed by atoms with E-state index in [0.717, 1.165) is 24.8 Å². The van der Waals surface area contributed by atoms with Crippen LogP contribution in [0.25, 0.3) is 0 Å². The second kappa shape index (κ2) is 6.37. The van der Waals surface area contributed by atoms with Crippen LogP contribution in [0.2, 0.25) is 10.0 Å². The number of unbranched alkanes of at least 4 members (excludes halogenated alkanes) is 1. The Hall–Kier alpha value is -0.240. The molecule has 3 heteroatoms. The van der Waals surface area contributed by atoms with Crippen molar-refractivity contribution in [3.05, 3.63) is 33.8 Å². The minimum absolute atomic E-state index is 0.276. The van der Waals surface area contributed by atoms with E-state index in [9.17, 15) is 5.11 Å². The van der Waals surface area contributed by atoms with Crippen molar-refractivity contribution >= 4 is 23.2 Å². The summed E-state index contributed by atoms with van der Waals surface area (Å²) in [4.78, 5) is 0. The molecular formula is C12H16Cl2O. The Morgan fingerprint density at radius 1 is 1.27 bits per heavy atom. The maximum atomic E-state index is 9.72. The van der Waals surface area contributed by atoms with Crippen LogP contribution < -0.4 is 0 Å². The summed E-state index contributed by atoms with van der Waals surface area (Å²) in [7, 11) is 0. The molecule has 15 heavy (non-hydrogen) atoms. The molecule has 0 radical (unpaired) electrons. The zero-order valence-corrected chi connectivity index (χ0v) is 10.4. The van der Waals surface area contributed by atoms with E-state index >= 15 is 0 Å². The topological polar surface area (TPSA) is 20.2 Å². The van der Waals surface area contributed by atoms with E-state index in [1.807, 2.05) is 12.1 Å². The minimum Gasteiger partial charge on any atom is -0.393 e. The lowest BCUT2D eigenvalue weighted by Gasteiger charge is -2.10. The highest BCUT2D eigenvalue weighted by atomic mass is 35.5. The van der Waals surface area contributed by atoms with Gasteiger partial charge in [-0.3, -0.25) is 0 Å². The molecule has 1 N–H and O–H groups in total. The smallest absolute Gasteiger partial charge is 0.0595 e. The third-order valence-electron chi connectivity index (χ3n) is 2.35. The van der Waals surface area contributed by atoms with E-state index in [-0.39, 0.29) is 6.10 Å². The first kappa shape index (κ1) is 12.8. The van der Waals surface area contributed by atoms with E-state index in [1.165, 1.54) is 0 Å². The van der Waals surface area contributed by atoms with Crippen LogP contribution in [-0.2, 0) is 6.42 Å². The highest BCUT2D eigenvalue weighted by Gasteiger charge is 2.06. The van der Waals surface area contributed by atoms with Crippen LogP contribution in [0.1, 0.15) is 31.7 Å². The van der Waals surface area contributed by atoms with Crippen molar-refractivity contribution in [3.8, 4) is 0 Å². The molecule has 1 nitrogen and oxygen atoms in total. The van der Waals surface area contributed by atoms with E-state index < -0.39 is 0 Å². The largest absolute Gasteiger partial charge is 0.393 e. The summed E-state index contributed by atoms with van der Waals surface area (Å²) in [5.74, 6) is 0. The minimum atomic E-state index is -0.276. The number of hydrogen-bond donors (Lipinski definition) is 1. The van der Waals surface area contributed by atoms with Gasteiger partial charge in [0.1, 0.15) is 0 Å². The Morgan fingerprint density at radius 3 is 2.60 bits per heavy atom. The predicted octanol–water partition coefficient (Wildman–Crippen LogP) is 4.09. The van der Waals surface area contributed by atoms with Crippen molar-refractivity contribution in [2.45, 2.75) is 38.7 Å². The molecule has 0 saturated carbocycles. The van der Waals surface area contributed by atoms with Gasteiger partial charge in [-0.15, -0.1) is 0 Å². The van der Waals surface area contributed by atoms with Crippen LogP contribution in [-0.4, -0.2) is 11.2 Å². The lowest BCUT2D eigenvalue weighted by atomic mass is 10.0. The Morgan fingerprint density at radius 2 is 2.00 bits per heavy atom. The molecular weight excluding hydrogens is 231 g/mol. The molecule has 0 aromatic heterocycles. The first-order valence-electron chi connectivity index (χ1n) is 5.25. The average Bonchev–Trinajstić information content (AvgIpc) is 2.20. The van der Waals surface area contributed by atoms with Crippen molar-refractivity contribution in [2.24, 2.45) is 0 Å². The highest BCUT2D eigenvalue weighted by molar-refractivity contribution is 6.42. The fraction of sp³-hybridized carbons (Fsp3) is 0.500. The lowest BCUT2D eigenvalue weighted by Crippen LogP contribution is -2.09. The Balaban J connectivity index is 2.53. The van der Waals surface area contributed by atoms with Crippen LogP contribution in [0.4, 0.5) is 0 Å². The molecule has 0 heterocycles. The number of rotatable bonds is 5. The lowest BCUT2D eigenvalue weighted by molar-refractivity contribution is 0.162. The molecule has 0 spiro atoms. The molecule has 1 aromatic carbocycles. The van der Waals surface area contributed by atoms with E-state index in [4.69, 9.17) is 23.2 Å². The monoisotopic (exact) mass is 246 g/mol. The van der Waals surface area contributed by atoms with Crippen LogP contribution in [0.3, 0.4) is 0 Å². The van der Waals surface area contributed by atoms with Gasteiger partial charge in [0.2, 0.25) is 0 Å². The van der Waals surface area contributed by atoms with Crippen LogP contribution in [0.15, 0.2) is 18.2 Å². The third kappa shape index (κ3) is 4.42. The molecule has 0 fully saturated rings. The molecule has 1 atom stereocenters. The van der Waals surface area contributed by atoms with Crippen LogP contribution >= 0.6 is 23.2 Å². The van der Waals surface area contributed by atoms with Gasteiger partial charge >= 0.3 is 0 Å². The number of halogens is 2. The van der Waals surface area contributed by atoms with Crippen molar-refractivity contribution in [1.29, 1.82) is 0 Å². The fourth-order valence-corrected chi connectivity index (χ4v) is 1.80. The fourth-order valence-electron chi connectivity index (χ4n) is 1.48. The maximum absolute atomic E-state index is 9.72. The first-order chi connectivity index (χ1) is 7.13. The van der Waals surface area contributed by atoms with Gasteiger partial charge < -0.3 is 5.11 Å². The van der Waals surface area contributed by atoms with Crippen LogP contribution in [0.5, 0.6) is 0 Å². The van der Waals surface area contributed by atoms with Gasteiger partial charge in [-0.2, -0.15) is 0 Å². The quantitative estimate of drug-likeness (QED) is 0.830. The van der Waals surface area contributed by atoms with Gasteiger partial charge in [-0.05, 0) is 30.5 Å². The van der Waals surface area contributed by atoms with Gasteiger partial charge in [0.05, 0.1) is 16.1 Å². The molecule has 0 aliphatic rings. The summed E-state index contributed by atoms with van der Waals surface area (Å²) >= 11 is 11.7. The van der Waals surface area contributed by atoms with Gasteiger partial charge in [-0.25, -0.2) is 0 Å². The third-order valence-corrected chi connectivity index (χ3v) is 3.09. The van der Waals surface area contributed by atoms with E-state index in [0.29, 0.717) is 16.5 Å². The SMILES string of the molecule is CCCCC(O)Cc1ccc(Cl)c(Cl)c1. The first-order valence-corrected chi connectivity index (χ1v) is 6.01. The normalized spacial score (nSPS) is 12.8. The average molecular weight is 247 g/mol. The Labute approximate surface area is 101 Å². The molecule has 0 bridgehead atoms. The number of benzene rings is 1. The van der Waals surface area contributed by atoms with Gasteiger partial charge in [-0.1, -0.05) is 49.0 Å². The second-order valence-electron chi connectivity index (χ2n) is 3.75. The molecule has 0 saturated heterocycles. The molecule has 0 amide bonds. The van der Waals surface area contributed by atoms with Crippen molar-refractivity contribution in [2.75, 3.05) is 0 Å². The van der Waals surface area contributed by atoms with E-state index in [1.54, 1.807) is 6.07 Å². The standard InChI is InChI=1S/C12H16Cl2O/c1-2-3-4-10(15)7-9-5-6-11(13)12(14)8-9/h5-6,8,10,15H,2-4,7H2,1H3. The van der Waals surface area contributed by atoms with Crippen molar-refractivity contribution in [3.63, 3.8) is 0 Å². The Kier molecular flexibility index (Phi) is 5.44. The molecule has 0 aliphatic heterocycles. The summed E-state index contributed by atoms with van der Waals surface area (Å²) in [6, 6.07) is 5.49. The second-order valence-corrected chi connectivity index (χ2v) is 4.56. The summed E-state index contributed by atoms with van der Waals surface area (Å²) < 4.78 is 0. The van der Waals surface area contributed by atoms with E-state index in [2.05, 4.69) is 6.92 Å². The molecule has 1 unspecified atom stereocenters. The molecule has 1 rings (SSSR count). The summed E-state index contributed by atoms with van der Waals surface area (Å²) in [5.41, 5.74) is 1.04. The van der Waals surface area contributed by atoms with Gasteiger partial charge in [0.25, 0.3) is 0 Å². The number of hydrogen-bond acceptors (Lipinski definition) is 1. The van der Waals surface area contributed by atoms with Crippen molar-refractivity contribution < 1.29 is 5.11 Å². The van der Waals surface area contributed by atoms with Crippen LogP contribution in [0, 0.1) is 0 Å². The summed E-state index contributed by atoms with van der Waals surface area (Å²) in [5, 5.41) is 10.8. The van der Waals surface area contributed by atoms with Crippen molar-refractivity contribution in [1.82, 2.24) is 0 Å².